The average Bonchev–Trinajstić information content (AvgIpc) is 2.43. The Balaban J connectivity index is 1.99. The van der Waals surface area contributed by atoms with Crippen molar-refractivity contribution >= 4 is 29.1 Å². The second-order valence-corrected chi connectivity index (χ2v) is 4.73. The van der Waals surface area contributed by atoms with Crippen LogP contribution in [0.2, 0.25) is 5.02 Å². The van der Waals surface area contributed by atoms with Crippen LogP contribution in [0.5, 0.6) is 0 Å². The second-order valence-electron chi connectivity index (χ2n) is 4.32. The molecule has 0 bridgehead atoms. The van der Waals surface area contributed by atoms with Crippen LogP contribution in [0, 0.1) is 6.92 Å². The van der Waals surface area contributed by atoms with Gasteiger partial charge in [-0.3, -0.25) is 9.59 Å². The summed E-state index contributed by atoms with van der Waals surface area (Å²) in [6.07, 6.45) is 0. The van der Waals surface area contributed by atoms with Gasteiger partial charge >= 0.3 is 11.8 Å². The molecule has 5 nitrogen and oxygen atoms in total. The third-order valence-electron chi connectivity index (χ3n) is 2.92. The highest BCUT2D eigenvalue weighted by Crippen LogP contribution is 2.19. The molecule has 2 rings (SSSR count). The number of halogens is 1. The molecule has 1 saturated heterocycles. The van der Waals surface area contributed by atoms with E-state index in [2.05, 4.69) is 5.32 Å². The van der Waals surface area contributed by atoms with Crippen LogP contribution in [0.4, 0.5) is 5.69 Å². The molecule has 1 aliphatic rings. The van der Waals surface area contributed by atoms with Gasteiger partial charge < -0.3 is 15.0 Å². The number of rotatable bonds is 1. The number of hydrogen-bond donors (Lipinski definition) is 1. The maximum Gasteiger partial charge on any atom is 0.313 e. The monoisotopic (exact) mass is 282 g/mol. The van der Waals surface area contributed by atoms with Gasteiger partial charge in [-0.2, -0.15) is 0 Å². The highest BCUT2D eigenvalue weighted by Gasteiger charge is 2.23. The number of aryl methyl sites for hydroxylation is 1. The Labute approximate surface area is 116 Å². The number of benzene rings is 1. The normalized spacial score (nSPS) is 15.2. The predicted molar refractivity (Wildman–Crippen MR) is 72.2 cm³/mol. The lowest BCUT2D eigenvalue weighted by Gasteiger charge is -2.26. The Bertz CT molecular complexity index is 499. The summed E-state index contributed by atoms with van der Waals surface area (Å²) >= 11 is 5.96. The summed E-state index contributed by atoms with van der Waals surface area (Å²) in [6, 6.07) is 5.13. The van der Waals surface area contributed by atoms with Gasteiger partial charge in [0.1, 0.15) is 0 Å². The Kier molecular flexibility index (Phi) is 4.39. The maximum absolute atomic E-state index is 11.9. The zero-order chi connectivity index (χ0) is 13.8. The van der Waals surface area contributed by atoms with Gasteiger partial charge in [0.25, 0.3) is 0 Å². The molecule has 0 aliphatic carbocycles. The Morgan fingerprint density at radius 2 is 2.00 bits per heavy atom. The average molecular weight is 283 g/mol. The van der Waals surface area contributed by atoms with E-state index in [9.17, 15) is 9.59 Å². The molecule has 2 amide bonds. The number of ether oxygens (including phenoxy) is 1. The van der Waals surface area contributed by atoms with Crippen molar-refractivity contribution in [2.24, 2.45) is 0 Å². The molecule has 0 spiro atoms. The lowest BCUT2D eigenvalue weighted by molar-refractivity contribution is -0.145. The number of morpholine rings is 1. The molecule has 1 aromatic carbocycles. The molecule has 1 aliphatic heterocycles. The van der Waals surface area contributed by atoms with Crippen molar-refractivity contribution in [3.8, 4) is 0 Å². The van der Waals surface area contributed by atoms with Gasteiger partial charge in [0.15, 0.2) is 0 Å². The summed E-state index contributed by atoms with van der Waals surface area (Å²) in [5.41, 5.74) is 1.43. The minimum absolute atomic E-state index is 0.445. The van der Waals surface area contributed by atoms with E-state index in [1.165, 1.54) is 4.90 Å². The largest absolute Gasteiger partial charge is 0.378 e. The van der Waals surface area contributed by atoms with E-state index < -0.39 is 11.8 Å². The number of nitrogens with one attached hydrogen (secondary N) is 1. The fraction of sp³-hybridized carbons (Fsp3) is 0.385. The van der Waals surface area contributed by atoms with Crippen molar-refractivity contribution in [1.82, 2.24) is 4.90 Å². The third kappa shape index (κ3) is 3.45. The van der Waals surface area contributed by atoms with Crippen molar-refractivity contribution in [3.63, 3.8) is 0 Å². The molecular weight excluding hydrogens is 268 g/mol. The summed E-state index contributed by atoms with van der Waals surface area (Å²) in [4.78, 5) is 25.2. The molecular formula is C13H15ClN2O3. The highest BCUT2D eigenvalue weighted by atomic mass is 35.5. The Morgan fingerprint density at radius 1 is 1.32 bits per heavy atom. The first-order chi connectivity index (χ1) is 9.08. The van der Waals surface area contributed by atoms with Gasteiger partial charge in [0.2, 0.25) is 0 Å². The van der Waals surface area contributed by atoms with Gasteiger partial charge in [0, 0.05) is 23.8 Å². The summed E-state index contributed by atoms with van der Waals surface area (Å²) in [7, 11) is 0. The van der Waals surface area contributed by atoms with E-state index in [0.29, 0.717) is 37.0 Å². The molecule has 1 heterocycles. The van der Waals surface area contributed by atoms with Crippen LogP contribution in [-0.2, 0) is 14.3 Å². The van der Waals surface area contributed by atoms with E-state index in [-0.39, 0.29) is 0 Å². The van der Waals surface area contributed by atoms with Crippen LogP contribution < -0.4 is 5.32 Å². The van der Waals surface area contributed by atoms with Crippen LogP contribution >= 0.6 is 11.6 Å². The molecule has 0 saturated carbocycles. The van der Waals surface area contributed by atoms with Crippen LogP contribution in [0.3, 0.4) is 0 Å². The SMILES string of the molecule is Cc1ccc(NC(=O)C(=O)N2CCOCC2)cc1Cl. The van der Waals surface area contributed by atoms with Gasteiger partial charge in [-0.05, 0) is 24.6 Å². The lowest BCUT2D eigenvalue weighted by atomic mass is 10.2. The molecule has 0 atom stereocenters. The zero-order valence-electron chi connectivity index (χ0n) is 10.6. The number of anilines is 1. The van der Waals surface area contributed by atoms with Crippen LogP contribution in [0.15, 0.2) is 18.2 Å². The van der Waals surface area contributed by atoms with Crippen LogP contribution in [0.25, 0.3) is 0 Å². The quantitative estimate of drug-likeness (QED) is 0.793. The minimum atomic E-state index is -0.651. The number of carbonyl (C=O) groups is 2. The van der Waals surface area contributed by atoms with Crippen molar-refractivity contribution < 1.29 is 14.3 Å². The smallest absolute Gasteiger partial charge is 0.313 e. The van der Waals surface area contributed by atoms with Gasteiger partial charge in [-0.25, -0.2) is 0 Å². The van der Waals surface area contributed by atoms with E-state index >= 15 is 0 Å². The second kappa shape index (κ2) is 6.04. The maximum atomic E-state index is 11.9. The Morgan fingerprint density at radius 3 is 2.63 bits per heavy atom. The first kappa shape index (κ1) is 13.8. The number of carbonyl (C=O) groups excluding carboxylic acids is 2. The number of nitrogens with zero attached hydrogens (tertiary/aromatic N) is 1. The fourth-order valence-electron chi connectivity index (χ4n) is 1.77. The molecule has 0 unspecified atom stereocenters. The van der Waals surface area contributed by atoms with E-state index in [4.69, 9.17) is 16.3 Å². The van der Waals surface area contributed by atoms with Crippen molar-refractivity contribution in [2.45, 2.75) is 6.92 Å². The lowest BCUT2D eigenvalue weighted by Crippen LogP contribution is -2.45. The van der Waals surface area contributed by atoms with E-state index in [1.54, 1.807) is 18.2 Å². The van der Waals surface area contributed by atoms with Gasteiger partial charge in [-0.15, -0.1) is 0 Å². The van der Waals surface area contributed by atoms with E-state index in [0.717, 1.165) is 5.56 Å². The van der Waals surface area contributed by atoms with Crippen LogP contribution in [-0.4, -0.2) is 43.0 Å². The number of amides is 2. The minimum Gasteiger partial charge on any atom is -0.378 e. The molecule has 1 N–H and O–H groups in total. The molecule has 102 valence electrons. The van der Waals surface area contributed by atoms with Gasteiger partial charge in [-0.1, -0.05) is 17.7 Å². The fourth-order valence-corrected chi connectivity index (χ4v) is 1.95. The molecule has 0 radical (unpaired) electrons. The Hall–Kier alpha value is -1.59. The number of hydrogen-bond acceptors (Lipinski definition) is 3. The molecule has 1 fully saturated rings. The van der Waals surface area contributed by atoms with Gasteiger partial charge in [0.05, 0.1) is 13.2 Å². The molecule has 1 aromatic rings. The topological polar surface area (TPSA) is 58.6 Å². The molecule has 0 aromatic heterocycles. The third-order valence-corrected chi connectivity index (χ3v) is 3.33. The zero-order valence-corrected chi connectivity index (χ0v) is 11.4. The van der Waals surface area contributed by atoms with E-state index in [1.807, 2.05) is 6.92 Å². The van der Waals surface area contributed by atoms with Crippen molar-refractivity contribution in [2.75, 3.05) is 31.6 Å². The summed E-state index contributed by atoms with van der Waals surface area (Å²) < 4.78 is 5.13. The summed E-state index contributed by atoms with van der Waals surface area (Å²) in [5.74, 6) is -1.19. The summed E-state index contributed by atoms with van der Waals surface area (Å²) in [5, 5.41) is 3.10. The predicted octanol–water partition coefficient (Wildman–Crippen LogP) is 1.45. The molecule has 6 heteroatoms. The molecule has 19 heavy (non-hydrogen) atoms. The van der Waals surface area contributed by atoms with Crippen LogP contribution in [0.1, 0.15) is 5.56 Å². The van der Waals surface area contributed by atoms with Crippen molar-refractivity contribution in [3.05, 3.63) is 28.8 Å². The summed E-state index contributed by atoms with van der Waals surface area (Å²) in [6.45, 7) is 3.69. The standard InChI is InChI=1S/C13H15ClN2O3/c1-9-2-3-10(8-11(9)14)15-12(17)13(18)16-4-6-19-7-5-16/h2-3,8H,4-7H2,1H3,(H,15,17). The highest BCUT2D eigenvalue weighted by molar-refractivity contribution is 6.39. The first-order valence-electron chi connectivity index (χ1n) is 6.02. The van der Waals surface area contributed by atoms with Crippen molar-refractivity contribution in [1.29, 1.82) is 0 Å². The first-order valence-corrected chi connectivity index (χ1v) is 6.40.